The highest BCUT2D eigenvalue weighted by atomic mass is 35.5. The van der Waals surface area contributed by atoms with Crippen molar-refractivity contribution in [2.75, 3.05) is 13.1 Å². The Bertz CT molecular complexity index is 1200. The van der Waals surface area contributed by atoms with Gasteiger partial charge in [-0.05, 0) is 63.5 Å². The number of imidazole rings is 1. The van der Waals surface area contributed by atoms with Gasteiger partial charge in [0.05, 0.1) is 17.6 Å². The van der Waals surface area contributed by atoms with E-state index in [4.69, 9.17) is 0 Å². The Kier molecular flexibility index (Phi) is 6.55. The number of halogens is 3. The van der Waals surface area contributed by atoms with Gasteiger partial charge in [0.15, 0.2) is 5.65 Å². The SMILES string of the molecule is Cc1cn2nc(-c3cc(F)c4nc(C5CCNCC5)ncc4c3)cc(C)c2n1.Cl.Cl. The van der Waals surface area contributed by atoms with Crippen LogP contribution in [0, 0.1) is 19.7 Å². The summed E-state index contributed by atoms with van der Waals surface area (Å²) >= 11 is 0. The van der Waals surface area contributed by atoms with Crippen LogP contribution >= 0.6 is 24.8 Å². The maximum absolute atomic E-state index is 14.9. The zero-order valence-corrected chi connectivity index (χ0v) is 18.4. The molecular weight excluding hydrogens is 426 g/mol. The number of piperidine rings is 1. The van der Waals surface area contributed by atoms with Crippen LogP contribution in [-0.4, -0.2) is 37.7 Å². The van der Waals surface area contributed by atoms with Gasteiger partial charge < -0.3 is 5.32 Å². The molecule has 0 saturated carbocycles. The monoisotopic (exact) mass is 448 g/mol. The second kappa shape index (κ2) is 8.79. The first-order chi connectivity index (χ1) is 13.6. The molecule has 0 aliphatic carbocycles. The van der Waals surface area contributed by atoms with E-state index in [1.807, 2.05) is 32.2 Å². The molecule has 6 nitrogen and oxygen atoms in total. The Labute approximate surface area is 186 Å². The van der Waals surface area contributed by atoms with Crippen LogP contribution in [0.25, 0.3) is 27.8 Å². The van der Waals surface area contributed by atoms with Crippen molar-refractivity contribution in [2.24, 2.45) is 0 Å². The van der Waals surface area contributed by atoms with Crippen molar-refractivity contribution in [1.82, 2.24) is 29.9 Å². The van der Waals surface area contributed by atoms with Crippen molar-refractivity contribution in [2.45, 2.75) is 32.6 Å². The Morgan fingerprint density at radius 2 is 1.83 bits per heavy atom. The van der Waals surface area contributed by atoms with Crippen LogP contribution in [0.15, 0.2) is 30.6 Å². The van der Waals surface area contributed by atoms with Gasteiger partial charge in [-0.1, -0.05) is 0 Å². The van der Waals surface area contributed by atoms with E-state index in [-0.39, 0.29) is 30.6 Å². The van der Waals surface area contributed by atoms with Crippen molar-refractivity contribution in [1.29, 1.82) is 0 Å². The topological polar surface area (TPSA) is 68.0 Å². The fourth-order valence-electron chi connectivity index (χ4n) is 3.93. The van der Waals surface area contributed by atoms with E-state index < -0.39 is 0 Å². The zero-order valence-electron chi connectivity index (χ0n) is 16.7. The Morgan fingerprint density at radius 1 is 1.07 bits per heavy atom. The van der Waals surface area contributed by atoms with Gasteiger partial charge in [0.1, 0.15) is 17.2 Å². The lowest BCUT2D eigenvalue weighted by atomic mass is 9.97. The third-order valence-corrected chi connectivity index (χ3v) is 5.38. The van der Waals surface area contributed by atoms with E-state index in [0.29, 0.717) is 28.1 Å². The number of rotatable bonds is 2. The van der Waals surface area contributed by atoms with E-state index in [0.717, 1.165) is 48.7 Å². The first kappa shape index (κ1) is 22.3. The molecule has 158 valence electrons. The van der Waals surface area contributed by atoms with Crippen LogP contribution in [0.1, 0.15) is 35.8 Å². The predicted octanol–water partition coefficient (Wildman–Crippen LogP) is 4.41. The molecule has 0 radical (unpaired) electrons. The number of hydrogen-bond acceptors (Lipinski definition) is 5. The minimum Gasteiger partial charge on any atom is -0.317 e. The number of fused-ring (bicyclic) bond motifs is 2. The zero-order chi connectivity index (χ0) is 19.3. The molecule has 0 bridgehead atoms. The van der Waals surface area contributed by atoms with Crippen molar-refractivity contribution in [3.63, 3.8) is 0 Å². The van der Waals surface area contributed by atoms with E-state index in [9.17, 15) is 4.39 Å². The van der Waals surface area contributed by atoms with Crippen molar-refractivity contribution < 1.29 is 4.39 Å². The van der Waals surface area contributed by atoms with Gasteiger partial charge in [-0.15, -0.1) is 24.8 Å². The summed E-state index contributed by atoms with van der Waals surface area (Å²) in [5, 5.41) is 8.63. The highest BCUT2D eigenvalue weighted by Crippen LogP contribution is 2.28. The molecule has 9 heteroatoms. The number of benzene rings is 1. The molecule has 4 heterocycles. The van der Waals surface area contributed by atoms with Crippen LogP contribution < -0.4 is 5.32 Å². The predicted molar refractivity (Wildman–Crippen MR) is 120 cm³/mol. The van der Waals surface area contributed by atoms with Crippen molar-refractivity contribution in [3.8, 4) is 11.3 Å². The molecular formula is C21H23Cl2FN6. The summed E-state index contributed by atoms with van der Waals surface area (Å²) in [6.07, 6.45) is 5.58. The van der Waals surface area contributed by atoms with Crippen LogP contribution in [0.2, 0.25) is 0 Å². The number of nitrogens with one attached hydrogen (secondary N) is 1. The molecule has 3 aromatic heterocycles. The van der Waals surface area contributed by atoms with E-state index in [2.05, 4.69) is 25.4 Å². The van der Waals surface area contributed by atoms with Gasteiger partial charge in [-0.3, -0.25) is 0 Å². The lowest BCUT2D eigenvalue weighted by molar-refractivity contribution is 0.445. The summed E-state index contributed by atoms with van der Waals surface area (Å²) in [6, 6.07) is 5.35. The normalized spacial score (nSPS) is 14.5. The minimum atomic E-state index is -0.341. The summed E-state index contributed by atoms with van der Waals surface area (Å²) in [4.78, 5) is 13.6. The second-order valence-electron chi connectivity index (χ2n) is 7.51. The first-order valence-corrected chi connectivity index (χ1v) is 9.59. The summed E-state index contributed by atoms with van der Waals surface area (Å²) in [5.41, 5.74) is 4.50. The average molecular weight is 449 g/mol. The Hall–Kier alpha value is -2.35. The quantitative estimate of drug-likeness (QED) is 0.491. The van der Waals surface area contributed by atoms with E-state index >= 15 is 0 Å². The van der Waals surface area contributed by atoms with Crippen LogP contribution in [-0.2, 0) is 0 Å². The van der Waals surface area contributed by atoms with Gasteiger partial charge in [0.2, 0.25) is 0 Å². The fourth-order valence-corrected chi connectivity index (χ4v) is 3.93. The highest BCUT2D eigenvalue weighted by Gasteiger charge is 2.19. The number of hydrogen-bond donors (Lipinski definition) is 1. The van der Waals surface area contributed by atoms with E-state index in [1.165, 1.54) is 6.07 Å². The van der Waals surface area contributed by atoms with E-state index in [1.54, 1.807) is 10.7 Å². The largest absolute Gasteiger partial charge is 0.317 e. The molecule has 0 spiro atoms. The Morgan fingerprint density at radius 3 is 2.60 bits per heavy atom. The summed E-state index contributed by atoms with van der Waals surface area (Å²) in [5.74, 6) is 0.692. The van der Waals surface area contributed by atoms with Gasteiger partial charge in [-0.25, -0.2) is 23.9 Å². The molecule has 1 N–H and O–H groups in total. The lowest BCUT2D eigenvalue weighted by Gasteiger charge is -2.21. The first-order valence-electron chi connectivity index (χ1n) is 9.59. The molecule has 5 rings (SSSR count). The van der Waals surface area contributed by atoms with Crippen LogP contribution in [0.5, 0.6) is 0 Å². The average Bonchev–Trinajstić information content (AvgIpc) is 3.09. The molecule has 1 aromatic carbocycles. The minimum absolute atomic E-state index is 0. The molecule has 1 fully saturated rings. The van der Waals surface area contributed by atoms with Gasteiger partial charge >= 0.3 is 0 Å². The molecule has 0 unspecified atom stereocenters. The number of aryl methyl sites for hydroxylation is 2. The third kappa shape index (κ3) is 3.97. The molecule has 1 saturated heterocycles. The molecule has 4 aromatic rings. The second-order valence-corrected chi connectivity index (χ2v) is 7.51. The maximum Gasteiger partial charge on any atom is 0.156 e. The maximum atomic E-state index is 14.9. The molecule has 30 heavy (non-hydrogen) atoms. The Balaban J connectivity index is 0.00000128. The van der Waals surface area contributed by atoms with Crippen LogP contribution in [0.4, 0.5) is 4.39 Å². The molecule has 0 amide bonds. The third-order valence-electron chi connectivity index (χ3n) is 5.38. The van der Waals surface area contributed by atoms with Crippen LogP contribution in [0.3, 0.4) is 0 Å². The summed E-state index contributed by atoms with van der Waals surface area (Å²) in [7, 11) is 0. The summed E-state index contributed by atoms with van der Waals surface area (Å²) in [6.45, 7) is 5.82. The highest BCUT2D eigenvalue weighted by molar-refractivity contribution is 5.86. The van der Waals surface area contributed by atoms with Crippen molar-refractivity contribution in [3.05, 3.63) is 53.5 Å². The number of aromatic nitrogens is 5. The summed E-state index contributed by atoms with van der Waals surface area (Å²) < 4.78 is 16.7. The van der Waals surface area contributed by atoms with Gasteiger partial charge in [0, 0.05) is 23.1 Å². The van der Waals surface area contributed by atoms with Gasteiger partial charge in [0.25, 0.3) is 0 Å². The number of nitrogens with zero attached hydrogens (tertiary/aromatic N) is 5. The molecule has 0 atom stereocenters. The van der Waals surface area contributed by atoms with Gasteiger partial charge in [-0.2, -0.15) is 5.10 Å². The lowest BCUT2D eigenvalue weighted by Crippen LogP contribution is -2.27. The molecule has 1 aliphatic rings. The fraction of sp³-hybridized carbons (Fsp3) is 0.333. The standard InChI is InChI=1S/C21H21FN6.2ClH/c1-12-7-18(27-28-11-13(2)25-21(12)28)15-8-16-10-24-20(14-3-5-23-6-4-14)26-19(16)17(22)9-15;;/h7-11,14,23H,3-6H2,1-2H3;2*1H. The molecule has 1 aliphatic heterocycles. The smallest absolute Gasteiger partial charge is 0.156 e. The van der Waals surface area contributed by atoms with Crippen molar-refractivity contribution >= 4 is 41.4 Å².